The van der Waals surface area contributed by atoms with Gasteiger partial charge in [0, 0.05) is 51.2 Å². The molecule has 3 aromatic heterocycles. The molecule has 1 aliphatic rings. The van der Waals surface area contributed by atoms with Crippen molar-refractivity contribution in [2.75, 3.05) is 32.1 Å². The third-order valence-corrected chi connectivity index (χ3v) is 4.87. The zero-order valence-corrected chi connectivity index (χ0v) is 14.9. The summed E-state index contributed by atoms with van der Waals surface area (Å²) in [5.74, 6) is 1.26. The van der Waals surface area contributed by atoms with E-state index in [0.717, 1.165) is 37.4 Å². The summed E-state index contributed by atoms with van der Waals surface area (Å²) in [5, 5.41) is 4.45. The predicted octanol–water partition coefficient (Wildman–Crippen LogP) is 1.61. The second-order valence-corrected chi connectivity index (χ2v) is 6.69. The van der Waals surface area contributed by atoms with E-state index < -0.39 is 0 Å². The van der Waals surface area contributed by atoms with Crippen molar-refractivity contribution in [1.29, 1.82) is 0 Å². The van der Waals surface area contributed by atoms with E-state index in [1.807, 2.05) is 16.6 Å². The van der Waals surface area contributed by atoms with E-state index >= 15 is 0 Å². The summed E-state index contributed by atoms with van der Waals surface area (Å²) in [4.78, 5) is 28.8. The molecule has 0 saturated carbocycles. The van der Waals surface area contributed by atoms with Crippen molar-refractivity contribution in [2.24, 2.45) is 0 Å². The zero-order chi connectivity index (χ0) is 18.1. The van der Waals surface area contributed by atoms with Crippen LogP contribution in [0.25, 0.3) is 5.65 Å². The van der Waals surface area contributed by atoms with Crippen LogP contribution in [0.3, 0.4) is 0 Å². The second kappa shape index (κ2) is 6.70. The van der Waals surface area contributed by atoms with Crippen LogP contribution < -0.4 is 4.90 Å². The molecule has 0 radical (unpaired) electrons. The summed E-state index contributed by atoms with van der Waals surface area (Å²) < 4.78 is 1.82. The van der Waals surface area contributed by atoms with Crippen molar-refractivity contribution in [2.45, 2.75) is 18.8 Å². The Kier molecular flexibility index (Phi) is 4.24. The van der Waals surface area contributed by atoms with Gasteiger partial charge in [-0.25, -0.2) is 19.5 Å². The van der Waals surface area contributed by atoms with Crippen LogP contribution in [0, 0.1) is 0 Å². The molecular formula is C18H21N7O. The fourth-order valence-corrected chi connectivity index (χ4v) is 3.49. The Morgan fingerprint density at radius 3 is 2.65 bits per heavy atom. The first-order valence-corrected chi connectivity index (χ1v) is 8.70. The lowest BCUT2D eigenvalue weighted by Crippen LogP contribution is -2.34. The second-order valence-electron chi connectivity index (χ2n) is 6.69. The van der Waals surface area contributed by atoms with Crippen molar-refractivity contribution in [3.63, 3.8) is 0 Å². The topological polar surface area (TPSA) is 79.5 Å². The molecule has 8 nitrogen and oxygen atoms in total. The average Bonchev–Trinajstić information content (AvgIpc) is 3.12. The van der Waals surface area contributed by atoms with Crippen LogP contribution in [0.1, 0.15) is 34.8 Å². The summed E-state index contributed by atoms with van der Waals surface area (Å²) in [5.41, 5.74) is 2.27. The van der Waals surface area contributed by atoms with Crippen molar-refractivity contribution < 1.29 is 4.79 Å². The van der Waals surface area contributed by atoms with Gasteiger partial charge in [-0.05, 0) is 25.0 Å². The van der Waals surface area contributed by atoms with Gasteiger partial charge in [-0.1, -0.05) is 0 Å². The van der Waals surface area contributed by atoms with Gasteiger partial charge in [-0.15, -0.1) is 0 Å². The first kappa shape index (κ1) is 16.4. The van der Waals surface area contributed by atoms with E-state index in [-0.39, 0.29) is 5.91 Å². The van der Waals surface area contributed by atoms with Crippen LogP contribution in [0.2, 0.25) is 0 Å². The molecule has 0 spiro atoms. The fraction of sp³-hybridized carbons (Fsp3) is 0.389. The molecule has 26 heavy (non-hydrogen) atoms. The van der Waals surface area contributed by atoms with E-state index in [0.29, 0.717) is 17.1 Å². The smallest absolute Gasteiger partial charge is 0.258 e. The quantitative estimate of drug-likeness (QED) is 0.713. The molecule has 0 unspecified atom stereocenters. The van der Waals surface area contributed by atoms with Gasteiger partial charge in [0.2, 0.25) is 0 Å². The molecule has 134 valence electrons. The minimum atomic E-state index is -0.0803. The molecule has 1 saturated heterocycles. The highest BCUT2D eigenvalue weighted by Crippen LogP contribution is 2.30. The van der Waals surface area contributed by atoms with Gasteiger partial charge >= 0.3 is 0 Å². The highest BCUT2D eigenvalue weighted by Gasteiger charge is 2.25. The first-order chi connectivity index (χ1) is 12.6. The lowest BCUT2D eigenvalue weighted by atomic mass is 9.93. The standard InChI is InChI=1S/C18H21N7O/c1-23(2)18(26)14-11-22-25-15(3-8-20-17(14)25)13-5-9-24(10-6-13)16-4-7-19-12-21-16/h3-4,7-8,11-13H,5-6,9-10H2,1-2H3. The number of fused-ring (bicyclic) bond motifs is 1. The monoisotopic (exact) mass is 351 g/mol. The number of amides is 1. The van der Waals surface area contributed by atoms with Gasteiger partial charge < -0.3 is 9.80 Å². The molecule has 4 heterocycles. The molecule has 3 aromatic rings. The number of carbonyl (C=O) groups excluding carboxylic acids is 1. The minimum absolute atomic E-state index is 0.0803. The summed E-state index contributed by atoms with van der Waals surface area (Å²) in [6, 6.07) is 3.95. The highest BCUT2D eigenvalue weighted by atomic mass is 16.2. The van der Waals surface area contributed by atoms with Gasteiger partial charge in [-0.2, -0.15) is 5.10 Å². The van der Waals surface area contributed by atoms with Gasteiger partial charge in [0.15, 0.2) is 5.65 Å². The number of hydrogen-bond donors (Lipinski definition) is 0. The van der Waals surface area contributed by atoms with Crippen molar-refractivity contribution in [3.05, 3.63) is 48.3 Å². The lowest BCUT2D eigenvalue weighted by molar-refractivity contribution is 0.0829. The Bertz CT molecular complexity index is 914. The fourth-order valence-electron chi connectivity index (χ4n) is 3.49. The Morgan fingerprint density at radius 2 is 1.96 bits per heavy atom. The number of rotatable bonds is 3. The Morgan fingerprint density at radius 1 is 1.15 bits per heavy atom. The molecule has 0 aliphatic carbocycles. The molecule has 4 rings (SSSR count). The number of hydrogen-bond acceptors (Lipinski definition) is 6. The third-order valence-electron chi connectivity index (χ3n) is 4.87. The zero-order valence-electron chi connectivity index (χ0n) is 14.9. The van der Waals surface area contributed by atoms with Crippen LogP contribution in [0.4, 0.5) is 5.82 Å². The number of nitrogens with zero attached hydrogens (tertiary/aromatic N) is 7. The number of aromatic nitrogens is 5. The molecule has 1 aliphatic heterocycles. The molecule has 0 aromatic carbocycles. The Labute approximate surface area is 151 Å². The van der Waals surface area contributed by atoms with Crippen LogP contribution in [0.5, 0.6) is 0 Å². The molecule has 0 bridgehead atoms. The summed E-state index contributed by atoms with van der Waals surface area (Å²) >= 11 is 0. The van der Waals surface area contributed by atoms with E-state index in [2.05, 4.69) is 25.0 Å². The van der Waals surface area contributed by atoms with Crippen LogP contribution in [-0.4, -0.2) is 62.6 Å². The summed E-state index contributed by atoms with van der Waals surface area (Å²) in [6.45, 7) is 1.85. The predicted molar refractivity (Wildman–Crippen MR) is 97.2 cm³/mol. The molecular weight excluding hydrogens is 330 g/mol. The van der Waals surface area contributed by atoms with Crippen LogP contribution >= 0.6 is 0 Å². The van der Waals surface area contributed by atoms with Gasteiger partial charge in [-0.3, -0.25) is 4.79 Å². The maximum absolute atomic E-state index is 12.3. The van der Waals surface area contributed by atoms with Crippen molar-refractivity contribution in [1.82, 2.24) is 29.5 Å². The largest absolute Gasteiger partial charge is 0.356 e. The summed E-state index contributed by atoms with van der Waals surface area (Å²) in [6.07, 6.45) is 8.74. The van der Waals surface area contributed by atoms with Gasteiger partial charge in [0.05, 0.1) is 6.20 Å². The SMILES string of the molecule is CN(C)C(=O)c1cnn2c(C3CCN(c4ccncn4)CC3)ccnc12. The number of carbonyl (C=O) groups is 1. The maximum Gasteiger partial charge on any atom is 0.258 e. The highest BCUT2D eigenvalue weighted by molar-refractivity contribution is 5.99. The van der Waals surface area contributed by atoms with E-state index in [1.54, 1.807) is 43.9 Å². The molecule has 1 amide bonds. The van der Waals surface area contributed by atoms with Gasteiger partial charge in [0.25, 0.3) is 5.91 Å². The van der Waals surface area contributed by atoms with Gasteiger partial charge in [0.1, 0.15) is 17.7 Å². The van der Waals surface area contributed by atoms with E-state index in [4.69, 9.17) is 0 Å². The van der Waals surface area contributed by atoms with E-state index in [9.17, 15) is 4.79 Å². The Balaban J connectivity index is 1.58. The van der Waals surface area contributed by atoms with Crippen LogP contribution in [-0.2, 0) is 0 Å². The lowest BCUT2D eigenvalue weighted by Gasteiger charge is -2.32. The summed E-state index contributed by atoms with van der Waals surface area (Å²) in [7, 11) is 3.47. The Hall–Kier alpha value is -3.03. The maximum atomic E-state index is 12.3. The normalized spacial score (nSPS) is 15.4. The van der Waals surface area contributed by atoms with Crippen molar-refractivity contribution >= 4 is 17.4 Å². The van der Waals surface area contributed by atoms with E-state index in [1.165, 1.54) is 0 Å². The number of anilines is 1. The molecule has 0 N–H and O–H groups in total. The van der Waals surface area contributed by atoms with Crippen molar-refractivity contribution in [3.8, 4) is 0 Å². The average molecular weight is 351 g/mol. The number of piperidine rings is 1. The minimum Gasteiger partial charge on any atom is -0.356 e. The molecule has 1 fully saturated rings. The first-order valence-electron chi connectivity index (χ1n) is 8.70. The third kappa shape index (κ3) is 2.87. The van der Waals surface area contributed by atoms with Crippen LogP contribution in [0.15, 0.2) is 37.1 Å². The molecule has 0 atom stereocenters. The molecule has 8 heteroatoms.